The van der Waals surface area contributed by atoms with Gasteiger partial charge in [-0.2, -0.15) is 0 Å². The van der Waals surface area contributed by atoms with Crippen molar-refractivity contribution in [3.63, 3.8) is 0 Å². The van der Waals surface area contributed by atoms with Crippen LogP contribution in [-0.2, 0) is 4.79 Å². The van der Waals surface area contributed by atoms with Crippen molar-refractivity contribution >= 4 is 11.6 Å². The number of benzene rings is 2. The van der Waals surface area contributed by atoms with Gasteiger partial charge in [-0.05, 0) is 61.3 Å². The number of likely N-dealkylation sites (tertiary alicyclic amines) is 1. The van der Waals surface area contributed by atoms with Gasteiger partial charge in [0.2, 0.25) is 5.91 Å². The van der Waals surface area contributed by atoms with E-state index in [1.165, 1.54) is 11.3 Å². The zero-order valence-corrected chi connectivity index (χ0v) is 20.1. The number of rotatable bonds is 6. The second-order valence-electron chi connectivity index (χ2n) is 9.27. The number of hydrogen-bond acceptors (Lipinski definition) is 6. The molecule has 0 spiro atoms. The van der Waals surface area contributed by atoms with Crippen molar-refractivity contribution in [3.05, 3.63) is 48.0 Å². The van der Waals surface area contributed by atoms with Crippen LogP contribution in [0.2, 0.25) is 0 Å². The summed E-state index contributed by atoms with van der Waals surface area (Å²) in [6, 6.07) is 14.8. The first-order chi connectivity index (χ1) is 16.7. The second kappa shape index (κ2) is 10.6. The Bertz CT molecular complexity index is 972. The molecule has 0 radical (unpaired) electrons. The number of carbonyl (C=O) groups excluding carboxylic acids is 1. The number of anilines is 1. The molecule has 3 aliphatic rings. The number of methoxy groups -OCH3 is 1. The van der Waals surface area contributed by atoms with Gasteiger partial charge in [0.1, 0.15) is 5.75 Å². The maximum absolute atomic E-state index is 13.0. The molecule has 3 heterocycles. The van der Waals surface area contributed by atoms with Crippen LogP contribution in [0.25, 0.3) is 0 Å². The summed E-state index contributed by atoms with van der Waals surface area (Å²) in [5.74, 6) is 2.82. The monoisotopic (exact) mass is 465 g/mol. The highest BCUT2D eigenvalue weighted by atomic mass is 16.5. The van der Waals surface area contributed by atoms with Crippen LogP contribution < -0.4 is 19.1 Å². The predicted octanol–water partition coefficient (Wildman–Crippen LogP) is 3.73. The largest absolute Gasteiger partial charge is 0.497 e. The molecule has 2 aromatic carbocycles. The quantitative estimate of drug-likeness (QED) is 0.648. The minimum Gasteiger partial charge on any atom is -0.497 e. The first-order valence-electron chi connectivity index (χ1n) is 12.5. The molecule has 5 rings (SSSR count). The van der Waals surface area contributed by atoms with Gasteiger partial charge in [0, 0.05) is 57.3 Å². The van der Waals surface area contributed by atoms with E-state index in [0.717, 1.165) is 75.8 Å². The molecule has 0 saturated carbocycles. The number of carbonyl (C=O) groups is 1. The SMILES string of the molecule is COc1ccc(N2CCN(C(=O)CCN3CCCC3c3ccc4c(c3)OCCCO4)CC2)cc1. The Labute approximate surface area is 202 Å². The number of hydrogen-bond donors (Lipinski definition) is 0. The highest BCUT2D eigenvalue weighted by Gasteiger charge is 2.28. The predicted molar refractivity (Wildman–Crippen MR) is 132 cm³/mol. The van der Waals surface area contributed by atoms with E-state index in [1.807, 2.05) is 23.1 Å². The number of nitrogens with zero attached hydrogens (tertiary/aromatic N) is 3. The van der Waals surface area contributed by atoms with Gasteiger partial charge in [-0.15, -0.1) is 0 Å². The summed E-state index contributed by atoms with van der Waals surface area (Å²) in [4.78, 5) is 19.8. The minimum atomic E-state index is 0.263. The van der Waals surface area contributed by atoms with Gasteiger partial charge in [0.25, 0.3) is 0 Å². The van der Waals surface area contributed by atoms with E-state index in [-0.39, 0.29) is 5.91 Å². The number of fused-ring (bicyclic) bond motifs is 1. The molecule has 0 N–H and O–H groups in total. The third kappa shape index (κ3) is 5.09. The second-order valence-corrected chi connectivity index (χ2v) is 9.27. The average molecular weight is 466 g/mol. The van der Waals surface area contributed by atoms with E-state index in [2.05, 4.69) is 34.1 Å². The summed E-state index contributed by atoms with van der Waals surface area (Å²) < 4.78 is 16.9. The Hall–Kier alpha value is -2.93. The number of ether oxygens (including phenoxy) is 3. The fraction of sp³-hybridized carbons (Fsp3) is 0.519. The maximum Gasteiger partial charge on any atom is 0.223 e. The molecule has 182 valence electrons. The molecule has 0 aromatic heterocycles. The van der Waals surface area contributed by atoms with Crippen molar-refractivity contribution in [1.82, 2.24) is 9.80 Å². The van der Waals surface area contributed by atoms with E-state index in [1.54, 1.807) is 7.11 Å². The molecule has 1 atom stereocenters. The van der Waals surface area contributed by atoms with Crippen molar-refractivity contribution in [2.45, 2.75) is 31.7 Å². The molecule has 2 aromatic rings. The van der Waals surface area contributed by atoms with Crippen LogP contribution in [0.3, 0.4) is 0 Å². The first-order valence-corrected chi connectivity index (χ1v) is 12.5. The van der Waals surface area contributed by atoms with Crippen LogP contribution in [0.5, 0.6) is 17.2 Å². The molecule has 0 aliphatic carbocycles. The van der Waals surface area contributed by atoms with Crippen molar-refractivity contribution in [3.8, 4) is 17.2 Å². The lowest BCUT2D eigenvalue weighted by Gasteiger charge is -2.36. The summed E-state index contributed by atoms with van der Waals surface area (Å²) in [5, 5.41) is 0. The molecule has 7 nitrogen and oxygen atoms in total. The summed E-state index contributed by atoms with van der Waals surface area (Å²) in [6.07, 6.45) is 3.77. The topological polar surface area (TPSA) is 54.5 Å². The highest BCUT2D eigenvalue weighted by Crippen LogP contribution is 2.38. The standard InChI is InChI=1S/C27H35N3O4/c1-32-23-8-6-22(7-9-23)28-14-16-30(17-15-28)27(31)11-13-29-12-2-4-24(29)21-5-10-25-26(20-21)34-19-3-18-33-25/h5-10,20,24H,2-4,11-19H2,1H3. The summed E-state index contributed by atoms with van der Waals surface area (Å²) in [5.41, 5.74) is 2.45. The van der Waals surface area contributed by atoms with Gasteiger partial charge in [0.15, 0.2) is 11.5 Å². The Balaban J connectivity index is 1.13. The van der Waals surface area contributed by atoms with Crippen molar-refractivity contribution in [1.29, 1.82) is 0 Å². The molecule has 7 heteroatoms. The van der Waals surface area contributed by atoms with Gasteiger partial charge in [-0.25, -0.2) is 0 Å². The number of piperazine rings is 1. The third-order valence-corrected chi connectivity index (χ3v) is 7.20. The van der Waals surface area contributed by atoms with Crippen molar-refractivity contribution in [2.24, 2.45) is 0 Å². The molecule has 2 saturated heterocycles. The zero-order chi connectivity index (χ0) is 23.3. The molecule has 3 aliphatic heterocycles. The first kappa shape index (κ1) is 22.8. The fourth-order valence-corrected chi connectivity index (χ4v) is 5.26. The minimum absolute atomic E-state index is 0.263. The van der Waals surface area contributed by atoms with Crippen LogP contribution in [0.15, 0.2) is 42.5 Å². The van der Waals surface area contributed by atoms with Crippen molar-refractivity contribution < 1.29 is 19.0 Å². The molecular weight excluding hydrogens is 430 g/mol. The van der Waals surface area contributed by atoms with Gasteiger partial charge >= 0.3 is 0 Å². The van der Waals surface area contributed by atoms with Crippen LogP contribution in [0.1, 0.15) is 37.3 Å². The van der Waals surface area contributed by atoms with E-state index >= 15 is 0 Å². The van der Waals surface area contributed by atoms with E-state index in [9.17, 15) is 4.79 Å². The molecule has 1 amide bonds. The lowest BCUT2D eigenvalue weighted by atomic mass is 10.0. The zero-order valence-electron chi connectivity index (χ0n) is 20.1. The Morgan fingerprint density at radius 1 is 0.941 bits per heavy atom. The highest BCUT2D eigenvalue weighted by molar-refractivity contribution is 5.76. The maximum atomic E-state index is 13.0. The van der Waals surface area contributed by atoms with E-state index in [4.69, 9.17) is 14.2 Å². The Morgan fingerprint density at radius 3 is 2.47 bits per heavy atom. The van der Waals surface area contributed by atoms with Gasteiger partial charge in [-0.1, -0.05) is 6.07 Å². The van der Waals surface area contributed by atoms with Crippen molar-refractivity contribution in [2.75, 3.05) is 64.5 Å². The van der Waals surface area contributed by atoms with E-state index in [0.29, 0.717) is 25.7 Å². The molecule has 34 heavy (non-hydrogen) atoms. The summed E-state index contributed by atoms with van der Waals surface area (Å²) in [7, 11) is 1.68. The van der Waals surface area contributed by atoms with Gasteiger partial charge in [0.05, 0.1) is 20.3 Å². The lowest BCUT2D eigenvalue weighted by Crippen LogP contribution is -2.49. The van der Waals surface area contributed by atoms with Crippen LogP contribution in [0.4, 0.5) is 5.69 Å². The smallest absolute Gasteiger partial charge is 0.223 e. The lowest BCUT2D eigenvalue weighted by molar-refractivity contribution is -0.131. The summed E-state index contributed by atoms with van der Waals surface area (Å²) in [6.45, 7) is 6.52. The van der Waals surface area contributed by atoms with Gasteiger partial charge < -0.3 is 24.0 Å². The van der Waals surface area contributed by atoms with E-state index < -0.39 is 0 Å². The number of amides is 1. The van der Waals surface area contributed by atoms with Gasteiger partial charge in [-0.3, -0.25) is 9.69 Å². The molecule has 0 bridgehead atoms. The van der Waals surface area contributed by atoms with Crippen LogP contribution in [-0.4, -0.2) is 75.3 Å². The van der Waals surface area contributed by atoms with Crippen LogP contribution >= 0.6 is 0 Å². The average Bonchev–Trinajstić information content (AvgIpc) is 3.24. The molecule has 1 unspecified atom stereocenters. The Kier molecular flexibility index (Phi) is 7.09. The molecular formula is C27H35N3O4. The fourth-order valence-electron chi connectivity index (χ4n) is 5.26. The van der Waals surface area contributed by atoms with Crippen LogP contribution in [0, 0.1) is 0 Å². The third-order valence-electron chi connectivity index (χ3n) is 7.20. The Morgan fingerprint density at radius 2 is 1.71 bits per heavy atom. The summed E-state index contributed by atoms with van der Waals surface area (Å²) >= 11 is 0. The molecule has 2 fully saturated rings. The normalized spacial score (nSPS) is 20.8.